The third-order valence-electron chi connectivity index (χ3n) is 5.64. The monoisotopic (exact) mass is 434 g/mol. The maximum absolute atomic E-state index is 11.9. The number of benzene rings is 1. The standard InChI is InChI=1S/C24H23BrN2O/c1-3-19-18-13-16(2)15-24(19,20-10-11-23(28)27-22(20)14-18)26-12-6-8-17-7-4-5-9-21(17)25/h3-13,18H,14-15H2,1-2H3,(H,27,28)/b8-6+,19-3+,26-12+/t18-,24+/m0/s1. The maximum atomic E-state index is 11.9. The van der Waals surface area contributed by atoms with Crippen LogP contribution in [0.15, 0.2) is 80.0 Å². The van der Waals surface area contributed by atoms with Gasteiger partial charge in [0.15, 0.2) is 0 Å². The number of nitrogens with zero attached hydrogens (tertiary/aromatic N) is 1. The second-order valence-corrected chi connectivity index (χ2v) is 8.33. The number of H-pyrrole nitrogens is 1. The van der Waals surface area contributed by atoms with E-state index in [-0.39, 0.29) is 11.5 Å². The SMILES string of the molecule is C/C=C1\[C@H]2C=C(C)C[C@]1(/N=C/C=C/c1ccccc1Br)c1ccc(=O)[nH]c1C2. The predicted octanol–water partition coefficient (Wildman–Crippen LogP) is 5.59. The van der Waals surface area contributed by atoms with Gasteiger partial charge in [-0.05, 0) is 49.6 Å². The number of nitrogens with one attached hydrogen (secondary N) is 1. The van der Waals surface area contributed by atoms with Crippen molar-refractivity contribution in [1.82, 2.24) is 4.98 Å². The van der Waals surface area contributed by atoms with Crippen molar-refractivity contribution in [3.8, 4) is 0 Å². The molecule has 0 saturated carbocycles. The van der Waals surface area contributed by atoms with Crippen LogP contribution in [0, 0.1) is 5.92 Å². The molecule has 0 aliphatic heterocycles. The molecule has 1 aromatic heterocycles. The van der Waals surface area contributed by atoms with E-state index in [9.17, 15) is 4.79 Å². The summed E-state index contributed by atoms with van der Waals surface area (Å²) in [6.45, 7) is 4.27. The molecular formula is C24H23BrN2O. The predicted molar refractivity (Wildman–Crippen MR) is 120 cm³/mol. The van der Waals surface area contributed by atoms with Crippen molar-refractivity contribution in [2.24, 2.45) is 10.9 Å². The summed E-state index contributed by atoms with van der Waals surface area (Å²) in [5, 5.41) is 0. The normalized spacial score (nSPS) is 25.3. The molecule has 0 amide bonds. The summed E-state index contributed by atoms with van der Waals surface area (Å²) in [6, 6.07) is 11.7. The Morgan fingerprint density at radius 2 is 2.07 bits per heavy atom. The largest absolute Gasteiger partial charge is 0.326 e. The molecule has 0 unspecified atom stereocenters. The van der Waals surface area contributed by atoms with Gasteiger partial charge in [-0.2, -0.15) is 0 Å². The van der Waals surface area contributed by atoms with Crippen molar-refractivity contribution in [2.75, 3.05) is 0 Å². The second-order valence-electron chi connectivity index (χ2n) is 7.48. The summed E-state index contributed by atoms with van der Waals surface area (Å²) >= 11 is 3.58. The van der Waals surface area contributed by atoms with Gasteiger partial charge in [-0.25, -0.2) is 0 Å². The molecular weight excluding hydrogens is 412 g/mol. The van der Waals surface area contributed by atoms with Crippen LogP contribution in [-0.4, -0.2) is 11.2 Å². The smallest absolute Gasteiger partial charge is 0.248 e. The van der Waals surface area contributed by atoms with Gasteiger partial charge in [-0.15, -0.1) is 0 Å². The Morgan fingerprint density at radius 1 is 1.25 bits per heavy atom. The van der Waals surface area contributed by atoms with Gasteiger partial charge in [0.05, 0.1) is 0 Å². The van der Waals surface area contributed by atoms with Crippen LogP contribution in [0.25, 0.3) is 6.08 Å². The summed E-state index contributed by atoms with van der Waals surface area (Å²) < 4.78 is 1.06. The molecule has 1 N–H and O–H groups in total. The quantitative estimate of drug-likeness (QED) is 0.496. The van der Waals surface area contributed by atoms with Crippen LogP contribution in [0.3, 0.4) is 0 Å². The van der Waals surface area contributed by atoms with Gasteiger partial charge in [0.25, 0.3) is 0 Å². The molecule has 2 aromatic rings. The second kappa shape index (κ2) is 7.51. The summed E-state index contributed by atoms with van der Waals surface area (Å²) in [5.41, 5.74) is 5.43. The van der Waals surface area contributed by atoms with Crippen molar-refractivity contribution < 1.29 is 0 Å². The Hall–Kier alpha value is -2.46. The van der Waals surface area contributed by atoms with E-state index >= 15 is 0 Å². The topological polar surface area (TPSA) is 45.2 Å². The van der Waals surface area contributed by atoms with Crippen molar-refractivity contribution in [1.29, 1.82) is 0 Å². The van der Waals surface area contributed by atoms with E-state index in [1.165, 1.54) is 11.1 Å². The number of rotatable bonds is 3. The first-order valence-corrected chi connectivity index (χ1v) is 10.4. The highest BCUT2D eigenvalue weighted by Gasteiger charge is 2.46. The molecule has 0 spiro atoms. The van der Waals surface area contributed by atoms with E-state index in [1.807, 2.05) is 36.6 Å². The van der Waals surface area contributed by atoms with E-state index in [4.69, 9.17) is 4.99 Å². The van der Waals surface area contributed by atoms with Gasteiger partial charge in [0.1, 0.15) is 5.54 Å². The van der Waals surface area contributed by atoms with Gasteiger partial charge in [0.2, 0.25) is 5.56 Å². The number of allylic oxidation sites excluding steroid dienone is 3. The third kappa shape index (κ3) is 3.26. The minimum atomic E-state index is -0.436. The number of halogens is 1. The molecule has 0 fully saturated rings. The van der Waals surface area contributed by atoms with Crippen molar-refractivity contribution in [3.05, 3.63) is 97.4 Å². The number of hydrogen-bond donors (Lipinski definition) is 1. The molecule has 3 nitrogen and oxygen atoms in total. The van der Waals surface area contributed by atoms with Crippen molar-refractivity contribution >= 4 is 28.2 Å². The van der Waals surface area contributed by atoms with Crippen LogP contribution >= 0.6 is 15.9 Å². The molecule has 0 radical (unpaired) electrons. The lowest BCUT2D eigenvalue weighted by Gasteiger charge is -2.45. The Bertz CT molecular complexity index is 1090. The van der Waals surface area contributed by atoms with Gasteiger partial charge < -0.3 is 4.98 Å². The van der Waals surface area contributed by atoms with E-state index < -0.39 is 5.54 Å². The Labute approximate surface area is 173 Å². The molecule has 2 aliphatic carbocycles. The van der Waals surface area contributed by atoms with E-state index in [1.54, 1.807) is 6.07 Å². The minimum Gasteiger partial charge on any atom is -0.326 e. The maximum Gasteiger partial charge on any atom is 0.248 e. The first-order valence-electron chi connectivity index (χ1n) is 9.56. The molecule has 1 heterocycles. The molecule has 2 aliphatic rings. The first kappa shape index (κ1) is 18.9. The average Bonchev–Trinajstić information content (AvgIpc) is 2.65. The number of aromatic nitrogens is 1. The number of aliphatic imine (C=N–C) groups is 1. The fourth-order valence-corrected chi connectivity index (χ4v) is 5.00. The van der Waals surface area contributed by atoms with Gasteiger partial charge >= 0.3 is 0 Å². The zero-order chi connectivity index (χ0) is 19.7. The van der Waals surface area contributed by atoms with Crippen LogP contribution < -0.4 is 5.56 Å². The van der Waals surface area contributed by atoms with Crippen LogP contribution in [0.2, 0.25) is 0 Å². The summed E-state index contributed by atoms with van der Waals surface area (Å²) in [4.78, 5) is 20.0. The van der Waals surface area contributed by atoms with Crippen molar-refractivity contribution in [2.45, 2.75) is 32.2 Å². The molecule has 1 aromatic carbocycles. The van der Waals surface area contributed by atoms with Gasteiger partial charge in [0, 0.05) is 40.3 Å². The van der Waals surface area contributed by atoms with E-state index in [2.05, 4.69) is 59.1 Å². The Kier molecular flexibility index (Phi) is 5.07. The molecule has 28 heavy (non-hydrogen) atoms. The Morgan fingerprint density at radius 3 is 2.86 bits per heavy atom. The molecule has 2 bridgehead atoms. The van der Waals surface area contributed by atoms with Crippen LogP contribution in [0.1, 0.15) is 37.1 Å². The fraction of sp³-hybridized carbons (Fsp3) is 0.250. The van der Waals surface area contributed by atoms with E-state index in [0.29, 0.717) is 0 Å². The molecule has 2 atom stereocenters. The fourth-order valence-electron chi connectivity index (χ4n) is 4.58. The summed E-state index contributed by atoms with van der Waals surface area (Å²) in [5.74, 6) is 0.286. The van der Waals surface area contributed by atoms with Crippen LogP contribution in [0.4, 0.5) is 0 Å². The number of aromatic amines is 1. The summed E-state index contributed by atoms with van der Waals surface area (Å²) in [6.07, 6.45) is 12.1. The van der Waals surface area contributed by atoms with E-state index in [0.717, 1.165) is 34.1 Å². The third-order valence-corrected chi connectivity index (χ3v) is 6.36. The average molecular weight is 435 g/mol. The number of pyridine rings is 1. The highest BCUT2D eigenvalue weighted by atomic mass is 79.9. The molecule has 4 heteroatoms. The van der Waals surface area contributed by atoms with Crippen LogP contribution in [-0.2, 0) is 12.0 Å². The zero-order valence-corrected chi connectivity index (χ0v) is 17.7. The molecule has 4 rings (SSSR count). The van der Waals surface area contributed by atoms with Crippen LogP contribution in [0.5, 0.6) is 0 Å². The van der Waals surface area contributed by atoms with Gasteiger partial charge in [-0.3, -0.25) is 9.79 Å². The number of hydrogen-bond acceptors (Lipinski definition) is 2. The summed E-state index contributed by atoms with van der Waals surface area (Å²) in [7, 11) is 0. The lowest BCUT2D eigenvalue weighted by Crippen LogP contribution is -2.40. The first-order chi connectivity index (χ1) is 13.5. The zero-order valence-electron chi connectivity index (χ0n) is 16.1. The number of fused-ring (bicyclic) bond motifs is 4. The van der Waals surface area contributed by atoms with Crippen molar-refractivity contribution in [3.63, 3.8) is 0 Å². The minimum absolute atomic E-state index is 0.0468. The van der Waals surface area contributed by atoms with Gasteiger partial charge in [-0.1, -0.05) is 57.9 Å². The Balaban J connectivity index is 1.78. The highest BCUT2D eigenvalue weighted by Crippen LogP contribution is 2.51. The highest BCUT2D eigenvalue weighted by molar-refractivity contribution is 9.10. The molecule has 142 valence electrons. The lowest BCUT2D eigenvalue weighted by molar-refractivity contribution is 0.413. The molecule has 0 saturated heterocycles. The lowest BCUT2D eigenvalue weighted by atomic mass is 9.63.